The number of hydrogen-bond acceptors (Lipinski definition) is 5. The minimum atomic E-state index is -2.92. The summed E-state index contributed by atoms with van der Waals surface area (Å²) in [6, 6.07) is 4.90. The smallest absolute Gasteiger partial charge is 0.387 e. The van der Waals surface area contributed by atoms with E-state index in [0.717, 1.165) is 17.1 Å². The molecule has 1 fully saturated rings. The van der Waals surface area contributed by atoms with E-state index >= 15 is 0 Å². The number of halogens is 3. The molecular formula is C20H28F2IN5O3. The predicted octanol–water partition coefficient (Wildman–Crippen LogP) is 3.19. The van der Waals surface area contributed by atoms with Crippen molar-refractivity contribution in [3.63, 3.8) is 0 Å². The van der Waals surface area contributed by atoms with Crippen LogP contribution in [0, 0.1) is 0 Å². The Morgan fingerprint density at radius 3 is 2.84 bits per heavy atom. The summed E-state index contributed by atoms with van der Waals surface area (Å²) in [5, 5.41) is 7.51. The number of guanidine groups is 1. The summed E-state index contributed by atoms with van der Waals surface area (Å²) in [6.45, 7) is 1.99. The van der Waals surface area contributed by atoms with Gasteiger partial charge in [-0.3, -0.25) is 4.68 Å². The molecule has 1 saturated heterocycles. The molecule has 3 rings (SSSR count). The lowest BCUT2D eigenvalue weighted by Gasteiger charge is -2.34. The van der Waals surface area contributed by atoms with E-state index in [9.17, 15) is 8.78 Å². The number of morpholine rings is 1. The summed E-state index contributed by atoms with van der Waals surface area (Å²) in [5.41, 5.74) is 1.75. The van der Waals surface area contributed by atoms with Gasteiger partial charge in [-0.2, -0.15) is 13.9 Å². The minimum absolute atomic E-state index is 0. The Bertz CT molecular complexity index is 865. The van der Waals surface area contributed by atoms with E-state index in [1.165, 1.54) is 13.2 Å². The molecule has 0 aliphatic carbocycles. The van der Waals surface area contributed by atoms with Crippen LogP contribution >= 0.6 is 24.0 Å². The molecule has 172 valence electrons. The third-order valence-corrected chi connectivity index (χ3v) is 4.65. The van der Waals surface area contributed by atoms with E-state index in [-0.39, 0.29) is 41.6 Å². The van der Waals surface area contributed by atoms with Crippen LogP contribution in [-0.2, 0) is 18.3 Å². The largest absolute Gasteiger partial charge is 0.493 e. The zero-order chi connectivity index (χ0) is 21.5. The van der Waals surface area contributed by atoms with Crippen LogP contribution in [0.2, 0.25) is 0 Å². The monoisotopic (exact) mass is 551 g/mol. The highest BCUT2D eigenvalue weighted by Crippen LogP contribution is 2.30. The first-order chi connectivity index (χ1) is 14.5. The zero-order valence-electron chi connectivity index (χ0n) is 17.8. The first-order valence-electron chi connectivity index (χ1n) is 9.75. The van der Waals surface area contributed by atoms with Crippen molar-refractivity contribution in [2.75, 3.05) is 33.4 Å². The first-order valence-corrected chi connectivity index (χ1v) is 9.75. The van der Waals surface area contributed by atoms with Gasteiger partial charge in [0, 0.05) is 31.9 Å². The van der Waals surface area contributed by atoms with Crippen molar-refractivity contribution in [2.24, 2.45) is 12.0 Å². The Balaban J connectivity index is 0.00000341. The molecular weight excluding hydrogens is 523 g/mol. The number of aliphatic imine (C=N–C) groups is 1. The van der Waals surface area contributed by atoms with Crippen molar-refractivity contribution in [1.29, 1.82) is 0 Å². The number of rotatable bonds is 7. The summed E-state index contributed by atoms with van der Waals surface area (Å²) in [5.74, 6) is 0.984. The lowest BCUT2D eigenvalue weighted by Crippen LogP contribution is -2.48. The van der Waals surface area contributed by atoms with E-state index in [4.69, 9.17) is 9.47 Å². The predicted molar refractivity (Wildman–Crippen MR) is 123 cm³/mol. The van der Waals surface area contributed by atoms with E-state index < -0.39 is 6.61 Å². The summed E-state index contributed by atoms with van der Waals surface area (Å²) >= 11 is 0. The summed E-state index contributed by atoms with van der Waals surface area (Å²) < 4.78 is 42.6. The van der Waals surface area contributed by atoms with Crippen LogP contribution in [0.25, 0.3) is 0 Å². The molecule has 2 heterocycles. The van der Waals surface area contributed by atoms with Crippen molar-refractivity contribution >= 4 is 29.9 Å². The lowest BCUT2D eigenvalue weighted by atomic mass is 10.1. The molecule has 0 spiro atoms. The molecule has 1 aromatic carbocycles. The van der Waals surface area contributed by atoms with Gasteiger partial charge in [-0.15, -0.1) is 24.0 Å². The summed E-state index contributed by atoms with van der Waals surface area (Å²) in [6.07, 6.45) is 3.66. The number of hydrogen-bond donors (Lipinski definition) is 1. The van der Waals surface area contributed by atoms with Gasteiger partial charge in [0.2, 0.25) is 0 Å². The molecule has 0 bridgehead atoms. The topological polar surface area (TPSA) is 73.1 Å². The van der Waals surface area contributed by atoms with Gasteiger partial charge in [0.15, 0.2) is 17.5 Å². The molecule has 1 unspecified atom stereocenters. The van der Waals surface area contributed by atoms with Crippen molar-refractivity contribution in [3.8, 4) is 11.5 Å². The van der Waals surface area contributed by atoms with Crippen molar-refractivity contribution < 1.29 is 23.0 Å². The van der Waals surface area contributed by atoms with E-state index in [1.54, 1.807) is 23.0 Å². The second-order valence-corrected chi connectivity index (χ2v) is 6.79. The zero-order valence-corrected chi connectivity index (χ0v) is 20.1. The number of nitrogens with one attached hydrogen (secondary N) is 1. The maximum atomic E-state index is 12.7. The van der Waals surface area contributed by atoms with Crippen LogP contribution in [-0.4, -0.2) is 60.6 Å². The number of nitrogens with zero attached hydrogens (tertiary/aromatic N) is 4. The van der Waals surface area contributed by atoms with Gasteiger partial charge in [-0.1, -0.05) is 6.07 Å². The second-order valence-electron chi connectivity index (χ2n) is 6.79. The Hall–Kier alpha value is -2.15. The van der Waals surface area contributed by atoms with E-state index in [1.807, 2.05) is 20.2 Å². The van der Waals surface area contributed by atoms with Crippen molar-refractivity contribution in [3.05, 3.63) is 41.7 Å². The SMILES string of the molecule is CCNC(=NCc1ccc(OC)c(OC(F)F)c1)N1CCOC(c2cnn(C)c2)C1.I. The summed E-state index contributed by atoms with van der Waals surface area (Å²) in [4.78, 5) is 6.82. The maximum absolute atomic E-state index is 12.7. The molecule has 0 radical (unpaired) electrons. The van der Waals surface area contributed by atoms with Crippen LogP contribution in [0.15, 0.2) is 35.6 Å². The number of aryl methyl sites for hydroxylation is 1. The number of methoxy groups -OCH3 is 1. The lowest BCUT2D eigenvalue weighted by molar-refractivity contribution is -0.0512. The maximum Gasteiger partial charge on any atom is 0.387 e. The second kappa shape index (κ2) is 12.0. The Kier molecular flexibility index (Phi) is 9.75. The quantitative estimate of drug-likeness (QED) is 0.324. The fraction of sp³-hybridized carbons (Fsp3) is 0.500. The van der Waals surface area contributed by atoms with Gasteiger partial charge in [-0.05, 0) is 24.6 Å². The van der Waals surface area contributed by atoms with Gasteiger partial charge < -0.3 is 24.4 Å². The molecule has 1 aromatic heterocycles. The number of ether oxygens (including phenoxy) is 3. The minimum Gasteiger partial charge on any atom is -0.493 e. The van der Waals surface area contributed by atoms with E-state index in [2.05, 4.69) is 25.0 Å². The van der Waals surface area contributed by atoms with Crippen molar-refractivity contribution in [1.82, 2.24) is 20.0 Å². The average Bonchev–Trinajstić information content (AvgIpc) is 3.17. The van der Waals surface area contributed by atoms with Crippen LogP contribution in [0.1, 0.15) is 24.2 Å². The molecule has 0 saturated carbocycles. The molecule has 1 aliphatic heterocycles. The van der Waals surface area contributed by atoms with Gasteiger partial charge in [0.1, 0.15) is 6.10 Å². The molecule has 1 aliphatic rings. The van der Waals surface area contributed by atoms with Gasteiger partial charge in [0.05, 0.1) is 33.0 Å². The Labute approximate surface area is 197 Å². The van der Waals surface area contributed by atoms with Crippen LogP contribution in [0.5, 0.6) is 11.5 Å². The van der Waals surface area contributed by atoms with Gasteiger partial charge >= 0.3 is 6.61 Å². The molecule has 1 atom stereocenters. The average molecular weight is 551 g/mol. The van der Waals surface area contributed by atoms with Gasteiger partial charge in [0.25, 0.3) is 0 Å². The normalized spacial score (nSPS) is 16.8. The third kappa shape index (κ3) is 6.92. The molecule has 1 N–H and O–H groups in total. The number of benzene rings is 1. The Morgan fingerprint density at radius 2 is 2.19 bits per heavy atom. The fourth-order valence-electron chi connectivity index (χ4n) is 3.25. The van der Waals surface area contributed by atoms with Crippen molar-refractivity contribution in [2.45, 2.75) is 26.2 Å². The molecule has 11 heteroatoms. The highest BCUT2D eigenvalue weighted by molar-refractivity contribution is 14.0. The molecule has 8 nitrogen and oxygen atoms in total. The number of aromatic nitrogens is 2. The fourth-order valence-corrected chi connectivity index (χ4v) is 3.25. The molecule has 0 amide bonds. The standard InChI is InChI=1S/C20H27F2N5O3.HI/c1-4-23-20(27-7-8-29-18(13-27)15-11-25-26(2)12-15)24-10-14-5-6-16(28-3)17(9-14)30-19(21)22;/h5-6,9,11-12,18-19H,4,7-8,10,13H2,1-3H3,(H,23,24);1H. The van der Waals surface area contributed by atoms with Crippen LogP contribution in [0.3, 0.4) is 0 Å². The Morgan fingerprint density at radius 1 is 1.39 bits per heavy atom. The van der Waals surface area contributed by atoms with E-state index in [0.29, 0.717) is 32.8 Å². The van der Waals surface area contributed by atoms with Crippen LogP contribution in [0.4, 0.5) is 8.78 Å². The van der Waals surface area contributed by atoms with Crippen LogP contribution < -0.4 is 14.8 Å². The molecule has 31 heavy (non-hydrogen) atoms. The summed E-state index contributed by atoms with van der Waals surface area (Å²) in [7, 11) is 3.28. The molecule has 2 aromatic rings. The first kappa shape index (κ1) is 25.1. The number of alkyl halides is 2. The highest BCUT2D eigenvalue weighted by Gasteiger charge is 2.25. The third-order valence-electron chi connectivity index (χ3n) is 4.65. The van der Waals surface area contributed by atoms with Gasteiger partial charge in [-0.25, -0.2) is 4.99 Å². The highest BCUT2D eigenvalue weighted by atomic mass is 127.